The first-order valence-electron chi connectivity index (χ1n) is 11.4. The molecular formula is C20H38N3O11P. The van der Waals surface area contributed by atoms with Crippen LogP contribution in [0.3, 0.4) is 0 Å². The van der Waals surface area contributed by atoms with Crippen LogP contribution in [-0.2, 0) is 37.4 Å². The Hall–Kier alpha value is -2.57. The van der Waals surface area contributed by atoms with Gasteiger partial charge >= 0.3 is 26.0 Å². The minimum absolute atomic E-state index is 0.0585. The fraction of sp³-hybridized carbons (Fsp3) is 0.800. The molecular weight excluding hydrogens is 489 g/mol. The molecule has 14 nitrogen and oxygen atoms in total. The SMILES string of the molecule is CCCCOC(=O)OCCCOP(=O)(/N=C(\N)N(C)CC(=O)O)OCCCOC(=O)OCCCC. The Labute approximate surface area is 205 Å². The third-order valence-corrected chi connectivity index (χ3v) is 5.42. The van der Waals surface area contributed by atoms with Crippen LogP contribution in [0.4, 0.5) is 9.59 Å². The van der Waals surface area contributed by atoms with Crippen LogP contribution in [0.15, 0.2) is 4.76 Å². The van der Waals surface area contributed by atoms with Crippen LogP contribution < -0.4 is 5.73 Å². The van der Waals surface area contributed by atoms with Gasteiger partial charge in [0, 0.05) is 19.9 Å². The van der Waals surface area contributed by atoms with E-state index in [0.717, 1.165) is 30.6 Å². The highest BCUT2D eigenvalue weighted by Gasteiger charge is 2.26. The molecule has 0 aliphatic rings. The van der Waals surface area contributed by atoms with E-state index in [2.05, 4.69) is 4.76 Å². The number of carbonyl (C=O) groups excluding carboxylic acids is 2. The van der Waals surface area contributed by atoms with E-state index in [9.17, 15) is 18.9 Å². The highest BCUT2D eigenvalue weighted by atomic mass is 31.2. The fourth-order valence-corrected chi connectivity index (χ4v) is 3.37. The lowest BCUT2D eigenvalue weighted by Gasteiger charge is -2.19. The Balaban J connectivity index is 4.68. The van der Waals surface area contributed by atoms with E-state index in [4.69, 9.17) is 38.8 Å². The van der Waals surface area contributed by atoms with Gasteiger partial charge in [0.2, 0.25) is 5.96 Å². The number of unbranched alkanes of at least 4 members (excludes halogenated alkanes) is 2. The van der Waals surface area contributed by atoms with Crippen LogP contribution in [-0.4, -0.2) is 87.5 Å². The molecule has 0 aromatic heterocycles. The number of nitrogens with two attached hydrogens (primary N) is 1. The van der Waals surface area contributed by atoms with Crippen LogP contribution in [0.5, 0.6) is 0 Å². The zero-order valence-corrected chi connectivity index (χ0v) is 21.5. The van der Waals surface area contributed by atoms with Gasteiger partial charge in [-0.2, -0.15) is 0 Å². The largest absolute Gasteiger partial charge is 0.508 e. The van der Waals surface area contributed by atoms with Crippen molar-refractivity contribution < 1.29 is 52.1 Å². The van der Waals surface area contributed by atoms with E-state index in [0.29, 0.717) is 0 Å². The molecule has 0 aromatic carbocycles. The normalized spacial score (nSPS) is 11.6. The molecule has 0 fully saturated rings. The maximum Gasteiger partial charge on any atom is 0.508 e. The second kappa shape index (κ2) is 19.7. The molecule has 0 heterocycles. The third kappa shape index (κ3) is 18.4. The first-order chi connectivity index (χ1) is 16.6. The van der Waals surface area contributed by atoms with E-state index in [1.54, 1.807) is 0 Å². The predicted octanol–water partition coefficient (Wildman–Crippen LogP) is 3.15. The standard InChI is InChI=1S/C20H38N3O11P/c1-4-6-10-29-19(26)31-12-8-14-33-35(28,22-18(21)23(3)16-17(24)25)34-15-9-13-32-20(27)30-11-7-5-2/h4-16H2,1-3H3,(H,24,25)(H2,21,22,28). The van der Waals surface area contributed by atoms with Gasteiger partial charge < -0.3 is 34.7 Å². The molecule has 0 amide bonds. The molecule has 15 heteroatoms. The second-order valence-electron chi connectivity index (χ2n) is 7.15. The first kappa shape index (κ1) is 32.4. The Bertz CT molecular complexity index is 670. The smallest absolute Gasteiger partial charge is 0.480 e. The molecule has 0 unspecified atom stereocenters. The Kier molecular flexibility index (Phi) is 18.3. The van der Waals surface area contributed by atoms with Gasteiger partial charge in [0.1, 0.15) is 6.54 Å². The average Bonchev–Trinajstić information content (AvgIpc) is 2.78. The molecule has 0 spiro atoms. The van der Waals surface area contributed by atoms with Crippen molar-refractivity contribution in [2.24, 2.45) is 10.5 Å². The number of hydrogen-bond acceptors (Lipinski definition) is 10. The van der Waals surface area contributed by atoms with E-state index < -0.39 is 32.6 Å². The molecule has 0 bridgehead atoms. The number of carboxylic acids is 1. The number of likely N-dealkylation sites (N-methyl/N-ethyl adjacent to an activating group) is 1. The van der Waals surface area contributed by atoms with Gasteiger partial charge in [-0.15, -0.1) is 4.76 Å². The van der Waals surface area contributed by atoms with Gasteiger partial charge in [0.25, 0.3) is 0 Å². The lowest BCUT2D eigenvalue weighted by Crippen LogP contribution is -2.37. The number of ether oxygens (including phenoxy) is 4. The first-order valence-corrected chi connectivity index (χ1v) is 12.9. The second-order valence-corrected chi connectivity index (χ2v) is 8.80. The van der Waals surface area contributed by atoms with Crippen LogP contribution in [0.1, 0.15) is 52.4 Å². The molecule has 35 heavy (non-hydrogen) atoms. The summed E-state index contributed by atoms with van der Waals surface area (Å²) in [5.41, 5.74) is 5.72. The summed E-state index contributed by atoms with van der Waals surface area (Å²) in [6.07, 6.45) is 1.87. The van der Waals surface area contributed by atoms with E-state index >= 15 is 0 Å². The summed E-state index contributed by atoms with van der Waals surface area (Å²) in [4.78, 5) is 34.7. The topological polar surface area (TPSA) is 186 Å². The van der Waals surface area contributed by atoms with Crippen molar-refractivity contribution >= 4 is 32.0 Å². The Morgan fingerprint density at radius 3 is 1.57 bits per heavy atom. The number of guanidine groups is 1. The molecule has 0 saturated heterocycles. The summed E-state index contributed by atoms with van der Waals surface area (Å²) in [7, 11) is -2.82. The zero-order chi connectivity index (χ0) is 26.5. The van der Waals surface area contributed by atoms with E-state index in [1.807, 2.05) is 13.8 Å². The summed E-state index contributed by atoms with van der Waals surface area (Å²) in [6.45, 7) is 3.48. The van der Waals surface area contributed by atoms with Gasteiger partial charge in [-0.1, -0.05) is 26.7 Å². The molecule has 204 valence electrons. The van der Waals surface area contributed by atoms with Gasteiger partial charge in [-0.3, -0.25) is 13.8 Å². The van der Waals surface area contributed by atoms with Gasteiger partial charge in [-0.25, -0.2) is 14.2 Å². The van der Waals surface area contributed by atoms with Crippen LogP contribution >= 0.6 is 7.75 Å². The van der Waals surface area contributed by atoms with Gasteiger partial charge in [0.05, 0.1) is 39.6 Å². The molecule has 0 rings (SSSR count). The van der Waals surface area contributed by atoms with Crippen LogP contribution in [0, 0.1) is 0 Å². The van der Waals surface area contributed by atoms with Crippen molar-refractivity contribution in [3.63, 3.8) is 0 Å². The van der Waals surface area contributed by atoms with Crippen molar-refractivity contribution in [2.45, 2.75) is 52.4 Å². The summed E-state index contributed by atoms with van der Waals surface area (Å²) < 4.78 is 46.7. The molecule has 0 saturated carbocycles. The van der Waals surface area contributed by atoms with Crippen molar-refractivity contribution in [1.82, 2.24) is 4.90 Å². The van der Waals surface area contributed by atoms with Crippen molar-refractivity contribution in [2.75, 3.05) is 53.2 Å². The lowest BCUT2D eigenvalue weighted by molar-refractivity contribution is -0.137. The molecule has 0 atom stereocenters. The molecule has 0 radical (unpaired) electrons. The number of carbonyl (C=O) groups is 3. The third-order valence-electron chi connectivity index (χ3n) is 3.95. The highest BCUT2D eigenvalue weighted by molar-refractivity contribution is 7.52. The summed E-state index contributed by atoms with van der Waals surface area (Å²) >= 11 is 0. The van der Waals surface area contributed by atoms with Crippen molar-refractivity contribution in [3.8, 4) is 0 Å². The minimum Gasteiger partial charge on any atom is -0.480 e. The van der Waals surface area contributed by atoms with Crippen molar-refractivity contribution in [1.29, 1.82) is 0 Å². The number of rotatable bonds is 19. The average molecular weight is 528 g/mol. The summed E-state index contributed by atoms with van der Waals surface area (Å²) in [6, 6.07) is 0. The molecule has 3 N–H and O–H groups in total. The minimum atomic E-state index is -4.16. The number of nitrogens with zero attached hydrogens (tertiary/aromatic N) is 2. The maximum absolute atomic E-state index is 13.0. The van der Waals surface area contributed by atoms with E-state index in [1.165, 1.54) is 7.05 Å². The quantitative estimate of drug-likeness (QED) is 0.0821. The highest BCUT2D eigenvalue weighted by Crippen LogP contribution is 2.50. The predicted molar refractivity (Wildman–Crippen MR) is 125 cm³/mol. The van der Waals surface area contributed by atoms with E-state index in [-0.39, 0.29) is 58.4 Å². The number of carboxylic acid groups (broad SMARTS) is 1. The molecule has 0 aliphatic carbocycles. The summed E-state index contributed by atoms with van der Waals surface area (Å²) in [5.74, 6) is -1.55. The zero-order valence-electron chi connectivity index (χ0n) is 20.6. The fourth-order valence-electron chi connectivity index (χ4n) is 2.05. The number of hydrogen-bond donors (Lipinski definition) is 2. The monoisotopic (exact) mass is 527 g/mol. The Morgan fingerprint density at radius 2 is 1.20 bits per heavy atom. The maximum atomic E-state index is 13.0. The number of aliphatic carboxylic acids is 1. The van der Waals surface area contributed by atoms with Crippen LogP contribution in [0.2, 0.25) is 0 Å². The lowest BCUT2D eigenvalue weighted by atomic mass is 10.4. The van der Waals surface area contributed by atoms with Crippen molar-refractivity contribution in [3.05, 3.63) is 0 Å². The molecule has 0 aliphatic heterocycles. The molecule has 0 aromatic rings. The van der Waals surface area contributed by atoms with Gasteiger partial charge in [0.15, 0.2) is 0 Å². The summed E-state index contributed by atoms with van der Waals surface area (Å²) in [5, 5.41) is 8.87. The van der Waals surface area contributed by atoms with Crippen LogP contribution in [0.25, 0.3) is 0 Å². The Morgan fingerprint density at radius 1 is 0.800 bits per heavy atom. The van der Waals surface area contributed by atoms with Gasteiger partial charge in [-0.05, 0) is 12.8 Å².